The summed E-state index contributed by atoms with van der Waals surface area (Å²) in [6, 6.07) is 13.5. The van der Waals surface area contributed by atoms with E-state index in [9.17, 15) is 4.79 Å². The van der Waals surface area contributed by atoms with Gasteiger partial charge in [-0.1, -0.05) is 29.8 Å². The molecule has 1 aliphatic rings. The van der Waals surface area contributed by atoms with Gasteiger partial charge in [0.05, 0.1) is 0 Å². The lowest BCUT2D eigenvalue weighted by molar-refractivity contribution is 0.0838. The van der Waals surface area contributed by atoms with Crippen LogP contribution in [0.1, 0.15) is 5.56 Å². The van der Waals surface area contributed by atoms with E-state index in [0.717, 1.165) is 22.4 Å². The average Bonchev–Trinajstić information content (AvgIpc) is 2.48. The van der Waals surface area contributed by atoms with Crippen LogP contribution < -0.4 is 5.32 Å². The van der Waals surface area contributed by atoms with E-state index < -0.39 is 0 Å². The molecular formula is C18H19ClN2O2. The summed E-state index contributed by atoms with van der Waals surface area (Å²) in [6.45, 7) is 3.33. The van der Waals surface area contributed by atoms with Gasteiger partial charge in [0.15, 0.2) is 0 Å². The van der Waals surface area contributed by atoms with Gasteiger partial charge in [-0.15, -0.1) is 0 Å². The third-order valence-corrected chi connectivity index (χ3v) is 4.36. The molecular weight excluding hydrogens is 312 g/mol. The Morgan fingerprint density at radius 2 is 2.00 bits per heavy atom. The summed E-state index contributed by atoms with van der Waals surface area (Å²) < 4.78 is 0. The highest BCUT2D eigenvalue weighted by molar-refractivity contribution is 6.30. The minimum Gasteiger partial charge on any atom is -0.396 e. The average molecular weight is 331 g/mol. The van der Waals surface area contributed by atoms with Crippen molar-refractivity contribution in [3.8, 4) is 11.1 Å². The number of nitrogens with zero attached hydrogens (tertiary/aromatic N) is 1. The van der Waals surface area contributed by atoms with Crippen LogP contribution in [0.4, 0.5) is 10.5 Å². The molecule has 2 aromatic rings. The lowest BCUT2D eigenvalue weighted by Gasteiger charge is -2.38. The lowest BCUT2D eigenvalue weighted by Crippen LogP contribution is -2.52. The van der Waals surface area contributed by atoms with E-state index in [4.69, 9.17) is 16.7 Å². The largest absolute Gasteiger partial charge is 0.396 e. The highest BCUT2D eigenvalue weighted by Crippen LogP contribution is 2.27. The molecule has 2 amide bonds. The van der Waals surface area contributed by atoms with Crippen molar-refractivity contribution in [3.05, 3.63) is 53.1 Å². The van der Waals surface area contributed by atoms with Crippen molar-refractivity contribution in [1.29, 1.82) is 0 Å². The van der Waals surface area contributed by atoms with Gasteiger partial charge in [-0.3, -0.25) is 0 Å². The number of amides is 2. The van der Waals surface area contributed by atoms with Gasteiger partial charge in [0.1, 0.15) is 0 Å². The van der Waals surface area contributed by atoms with Crippen LogP contribution in [-0.2, 0) is 0 Å². The molecule has 0 spiro atoms. The van der Waals surface area contributed by atoms with Crippen LogP contribution in [0.2, 0.25) is 5.02 Å². The van der Waals surface area contributed by atoms with Crippen molar-refractivity contribution in [1.82, 2.24) is 4.90 Å². The summed E-state index contributed by atoms with van der Waals surface area (Å²) in [7, 11) is 0. The lowest BCUT2D eigenvalue weighted by atomic mass is 10.0. The monoisotopic (exact) mass is 330 g/mol. The number of aliphatic hydroxyl groups is 1. The molecule has 2 aromatic carbocycles. The SMILES string of the molecule is Cc1cc(-c2cccc(Cl)c2)ccc1NC(=O)N1CC(CO)C1. The molecule has 0 unspecified atom stereocenters. The highest BCUT2D eigenvalue weighted by atomic mass is 35.5. The predicted octanol–water partition coefficient (Wildman–Crippen LogP) is 3.77. The molecule has 23 heavy (non-hydrogen) atoms. The molecule has 0 aromatic heterocycles. The molecule has 1 fully saturated rings. The van der Waals surface area contributed by atoms with Gasteiger partial charge < -0.3 is 15.3 Å². The number of hydrogen-bond donors (Lipinski definition) is 2. The van der Waals surface area contributed by atoms with Crippen LogP contribution in [-0.4, -0.2) is 35.7 Å². The summed E-state index contributed by atoms with van der Waals surface area (Å²) in [5.74, 6) is 0.215. The molecule has 0 bridgehead atoms. The van der Waals surface area contributed by atoms with Crippen molar-refractivity contribution in [2.75, 3.05) is 25.0 Å². The number of carbonyl (C=O) groups excluding carboxylic acids is 1. The third kappa shape index (κ3) is 3.49. The number of benzene rings is 2. The summed E-state index contributed by atoms with van der Waals surface area (Å²) in [6.07, 6.45) is 0. The third-order valence-electron chi connectivity index (χ3n) is 4.13. The number of likely N-dealkylation sites (tertiary alicyclic amines) is 1. The Balaban J connectivity index is 1.71. The van der Waals surface area contributed by atoms with Gasteiger partial charge in [-0.2, -0.15) is 0 Å². The number of nitrogens with one attached hydrogen (secondary N) is 1. The molecule has 0 saturated carbocycles. The molecule has 0 atom stereocenters. The zero-order valence-corrected chi connectivity index (χ0v) is 13.7. The van der Waals surface area contributed by atoms with Gasteiger partial charge >= 0.3 is 6.03 Å². The quantitative estimate of drug-likeness (QED) is 0.900. The summed E-state index contributed by atoms with van der Waals surface area (Å²) in [4.78, 5) is 13.8. The van der Waals surface area contributed by atoms with Gasteiger partial charge in [0.2, 0.25) is 0 Å². The van der Waals surface area contributed by atoms with E-state index in [-0.39, 0.29) is 18.6 Å². The van der Waals surface area contributed by atoms with Crippen LogP contribution in [0.15, 0.2) is 42.5 Å². The summed E-state index contributed by atoms with van der Waals surface area (Å²) >= 11 is 6.04. The van der Waals surface area contributed by atoms with Crippen molar-refractivity contribution in [2.45, 2.75) is 6.92 Å². The van der Waals surface area contributed by atoms with Crippen molar-refractivity contribution < 1.29 is 9.90 Å². The maximum absolute atomic E-state index is 12.1. The Labute approximate surface area is 140 Å². The van der Waals surface area contributed by atoms with E-state index in [1.807, 2.05) is 49.4 Å². The van der Waals surface area contributed by atoms with E-state index >= 15 is 0 Å². The number of urea groups is 1. The second-order valence-electron chi connectivity index (χ2n) is 5.92. The Hall–Kier alpha value is -2.04. The number of aliphatic hydroxyl groups excluding tert-OH is 1. The Bertz CT molecular complexity index is 727. The van der Waals surface area contributed by atoms with Crippen molar-refractivity contribution in [2.24, 2.45) is 5.92 Å². The Morgan fingerprint density at radius 3 is 2.65 bits per heavy atom. The number of rotatable bonds is 3. The fraction of sp³-hybridized carbons (Fsp3) is 0.278. The number of aryl methyl sites for hydroxylation is 1. The highest BCUT2D eigenvalue weighted by Gasteiger charge is 2.30. The summed E-state index contributed by atoms with van der Waals surface area (Å²) in [5.41, 5.74) is 3.91. The normalized spacial score (nSPS) is 14.5. The van der Waals surface area contributed by atoms with Crippen LogP contribution in [0, 0.1) is 12.8 Å². The van der Waals surface area contributed by atoms with Crippen LogP contribution in [0.3, 0.4) is 0 Å². The van der Waals surface area contributed by atoms with Gasteiger partial charge in [-0.25, -0.2) is 4.79 Å². The minimum atomic E-state index is -0.117. The number of hydrogen-bond acceptors (Lipinski definition) is 2. The standard InChI is InChI=1S/C18H19ClN2O2/c1-12-7-15(14-3-2-4-16(19)8-14)5-6-17(12)20-18(23)21-9-13(10-21)11-22/h2-8,13,22H,9-11H2,1H3,(H,20,23). The Kier molecular flexibility index (Phi) is 4.55. The van der Waals surface area contributed by atoms with E-state index in [1.165, 1.54) is 0 Å². The molecule has 5 heteroatoms. The van der Waals surface area contributed by atoms with E-state index in [1.54, 1.807) is 4.90 Å². The Morgan fingerprint density at radius 1 is 1.26 bits per heavy atom. The number of anilines is 1. The van der Waals surface area contributed by atoms with E-state index in [0.29, 0.717) is 18.1 Å². The molecule has 0 aliphatic carbocycles. The molecule has 1 aliphatic heterocycles. The maximum Gasteiger partial charge on any atom is 0.321 e. The molecule has 0 radical (unpaired) electrons. The fourth-order valence-corrected chi connectivity index (χ4v) is 2.89. The molecule has 4 nitrogen and oxygen atoms in total. The summed E-state index contributed by atoms with van der Waals surface area (Å²) in [5, 5.41) is 12.6. The zero-order valence-electron chi connectivity index (χ0n) is 12.9. The van der Waals surface area contributed by atoms with Gasteiger partial charge in [0, 0.05) is 36.3 Å². The zero-order chi connectivity index (χ0) is 16.4. The molecule has 1 saturated heterocycles. The molecule has 120 valence electrons. The molecule has 1 heterocycles. The first-order valence-corrected chi connectivity index (χ1v) is 7.98. The number of carbonyl (C=O) groups is 1. The van der Waals surface area contributed by atoms with Crippen molar-refractivity contribution in [3.63, 3.8) is 0 Å². The maximum atomic E-state index is 12.1. The topological polar surface area (TPSA) is 52.6 Å². The van der Waals surface area contributed by atoms with Crippen LogP contribution in [0.25, 0.3) is 11.1 Å². The molecule has 3 rings (SSSR count). The first-order chi connectivity index (χ1) is 11.1. The minimum absolute atomic E-state index is 0.117. The number of halogens is 1. The predicted molar refractivity (Wildman–Crippen MR) is 92.8 cm³/mol. The smallest absolute Gasteiger partial charge is 0.321 e. The van der Waals surface area contributed by atoms with Gasteiger partial charge in [0.25, 0.3) is 0 Å². The first-order valence-electron chi connectivity index (χ1n) is 7.60. The van der Waals surface area contributed by atoms with E-state index in [2.05, 4.69) is 5.32 Å². The van der Waals surface area contributed by atoms with Crippen molar-refractivity contribution >= 4 is 23.3 Å². The first kappa shape index (κ1) is 15.8. The van der Waals surface area contributed by atoms with Gasteiger partial charge in [-0.05, 0) is 47.9 Å². The van der Waals surface area contributed by atoms with Crippen LogP contribution in [0.5, 0.6) is 0 Å². The second-order valence-corrected chi connectivity index (χ2v) is 6.36. The fourth-order valence-electron chi connectivity index (χ4n) is 2.70. The molecule has 2 N–H and O–H groups in total. The second kappa shape index (κ2) is 6.60. The van der Waals surface area contributed by atoms with Crippen LogP contribution >= 0.6 is 11.6 Å².